The summed E-state index contributed by atoms with van der Waals surface area (Å²) in [5.41, 5.74) is 8.69. The molecule has 0 saturated carbocycles. The van der Waals surface area contributed by atoms with Gasteiger partial charge in [0.2, 0.25) is 0 Å². The molecule has 1 atom stereocenters. The van der Waals surface area contributed by atoms with Crippen molar-refractivity contribution < 1.29 is 9.47 Å². The molecule has 2 rings (SSSR count). The van der Waals surface area contributed by atoms with Crippen LogP contribution in [0.1, 0.15) is 36.4 Å². The van der Waals surface area contributed by atoms with Crippen molar-refractivity contribution in [2.75, 3.05) is 14.2 Å². The predicted molar refractivity (Wildman–Crippen MR) is 64.0 cm³/mol. The van der Waals surface area contributed by atoms with E-state index in [2.05, 4.69) is 6.07 Å². The number of aryl methyl sites for hydroxylation is 1. The third-order valence-corrected chi connectivity index (χ3v) is 3.26. The highest BCUT2D eigenvalue weighted by atomic mass is 16.5. The van der Waals surface area contributed by atoms with Crippen LogP contribution in [0.5, 0.6) is 11.5 Å². The summed E-state index contributed by atoms with van der Waals surface area (Å²) in [6.45, 7) is 0. The zero-order valence-electron chi connectivity index (χ0n) is 9.95. The maximum Gasteiger partial charge on any atom is 0.161 e. The second-order valence-corrected chi connectivity index (χ2v) is 4.26. The van der Waals surface area contributed by atoms with Crippen molar-refractivity contribution in [3.8, 4) is 11.5 Å². The Hall–Kier alpha value is -1.22. The monoisotopic (exact) mass is 221 g/mol. The molecule has 2 N–H and O–H groups in total. The molecule has 0 radical (unpaired) electrons. The SMILES string of the molecule is COc1cc2c(cc1OC)[C@H](N)CCCC2. The van der Waals surface area contributed by atoms with E-state index in [1.807, 2.05) is 6.07 Å². The summed E-state index contributed by atoms with van der Waals surface area (Å²) in [4.78, 5) is 0. The van der Waals surface area contributed by atoms with E-state index in [4.69, 9.17) is 15.2 Å². The molecule has 88 valence electrons. The largest absolute Gasteiger partial charge is 0.493 e. The lowest BCUT2D eigenvalue weighted by Crippen LogP contribution is -2.11. The minimum atomic E-state index is 0.136. The van der Waals surface area contributed by atoms with E-state index >= 15 is 0 Å². The molecule has 0 heterocycles. The molecule has 0 bridgehead atoms. The zero-order valence-corrected chi connectivity index (χ0v) is 9.95. The molecule has 3 nitrogen and oxygen atoms in total. The number of fused-ring (bicyclic) bond motifs is 1. The Morgan fingerprint density at radius 3 is 2.50 bits per heavy atom. The van der Waals surface area contributed by atoms with E-state index in [9.17, 15) is 0 Å². The summed E-state index contributed by atoms with van der Waals surface area (Å²) in [6.07, 6.45) is 4.54. The molecule has 1 aliphatic rings. The van der Waals surface area contributed by atoms with Crippen LogP contribution >= 0.6 is 0 Å². The first-order valence-electron chi connectivity index (χ1n) is 5.76. The molecule has 1 aliphatic carbocycles. The lowest BCUT2D eigenvalue weighted by atomic mass is 9.99. The Morgan fingerprint density at radius 2 is 1.81 bits per heavy atom. The molecule has 0 unspecified atom stereocenters. The Balaban J connectivity index is 2.47. The lowest BCUT2D eigenvalue weighted by molar-refractivity contribution is 0.354. The average Bonchev–Trinajstić information content (AvgIpc) is 2.49. The highest BCUT2D eigenvalue weighted by Crippen LogP contribution is 2.36. The minimum absolute atomic E-state index is 0.136. The van der Waals surface area contributed by atoms with Gasteiger partial charge >= 0.3 is 0 Å². The maximum absolute atomic E-state index is 6.17. The molecule has 0 fully saturated rings. The van der Waals surface area contributed by atoms with Crippen molar-refractivity contribution in [1.29, 1.82) is 0 Å². The molecule has 0 spiro atoms. The highest BCUT2D eigenvalue weighted by molar-refractivity contribution is 5.48. The fourth-order valence-corrected chi connectivity index (χ4v) is 2.33. The van der Waals surface area contributed by atoms with E-state index in [1.165, 1.54) is 24.0 Å². The summed E-state index contributed by atoms with van der Waals surface area (Å²) in [6, 6.07) is 4.24. The molecule has 1 aromatic rings. The molecule has 1 aromatic carbocycles. The summed E-state index contributed by atoms with van der Waals surface area (Å²) >= 11 is 0. The van der Waals surface area contributed by atoms with Crippen LogP contribution < -0.4 is 15.2 Å². The Bertz CT molecular complexity index is 376. The normalized spacial score (nSPS) is 19.8. The highest BCUT2D eigenvalue weighted by Gasteiger charge is 2.18. The number of benzene rings is 1. The van der Waals surface area contributed by atoms with E-state index in [1.54, 1.807) is 14.2 Å². The molecule has 0 amide bonds. The molecule has 0 saturated heterocycles. The van der Waals surface area contributed by atoms with Crippen LogP contribution in [0.25, 0.3) is 0 Å². The maximum atomic E-state index is 6.17. The first-order chi connectivity index (χ1) is 7.76. The van der Waals surface area contributed by atoms with Gasteiger partial charge in [-0.2, -0.15) is 0 Å². The summed E-state index contributed by atoms with van der Waals surface area (Å²) in [5.74, 6) is 1.58. The van der Waals surface area contributed by atoms with E-state index in [-0.39, 0.29) is 6.04 Å². The van der Waals surface area contributed by atoms with Gasteiger partial charge in [0.1, 0.15) is 0 Å². The van der Waals surface area contributed by atoms with Crippen molar-refractivity contribution in [2.45, 2.75) is 31.7 Å². The van der Waals surface area contributed by atoms with Gasteiger partial charge in [-0.25, -0.2) is 0 Å². The minimum Gasteiger partial charge on any atom is -0.493 e. The van der Waals surface area contributed by atoms with Gasteiger partial charge in [0, 0.05) is 6.04 Å². The fraction of sp³-hybridized carbons (Fsp3) is 0.538. The lowest BCUT2D eigenvalue weighted by Gasteiger charge is -2.16. The van der Waals surface area contributed by atoms with Crippen molar-refractivity contribution in [1.82, 2.24) is 0 Å². The van der Waals surface area contributed by atoms with Gasteiger partial charge in [-0.15, -0.1) is 0 Å². The predicted octanol–water partition coefficient (Wildman–Crippen LogP) is 2.43. The number of hydrogen-bond donors (Lipinski definition) is 1. The first-order valence-corrected chi connectivity index (χ1v) is 5.76. The third kappa shape index (κ3) is 2.00. The molecule has 16 heavy (non-hydrogen) atoms. The van der Waals surface area contributed by atoms with Crippen LogP contribution in [-0.4, -0.2) is 14.2 Å². The van der Waals surface area contributed by atoms with Gasteiger partial charge in [0.25, 0.3) is 0 Å². The summed E-state index contributed by atoms with van der Waals surface area (Å²) < 4.78 is 10.6. The Kier molecular flexibility index (Phi) is 3.34. The number of methoxy groups -OCH3 is 2. The van der Waals surface area contributed by atoms with E-state index in [0.717, 1.165) is 24.3 Å². The van der Waals surface area contributed by atoms with Gasteiger partial charge in [-0.05, 0) is 42.5 Å². The number of rotatable bonds is 2. The quantitative estimate of drug-likeness (QED) is 0.780. The van der Waals surface area contributed by atoms with Crippen LogP contribution in [0.15, 0.2) is 12.1 Å². The van der Waals surface area contributed by atoms with Crippen LogP contribution in [0.4, 0.5) is 0 Å². The first kappa shape index (κ1) is 11.3. The van der Waals surface area contributed by atoms with Gasteiger partial charge in [-0.3, -0.25) is 0 Å². The standard InChI is InChI=1S/C13H19NO2/c1-15-12-7-9-5-3-4-6-11(14)10(9)8-13(12)16-2/h7-8,11H,3-6,14H2,1-2H3/t11-/m1/s1. The number of nitrogens with two attached hydrogens (primary N) is 1. The van der Waals surface area contributed by atoms with E-state index in [0.29, 0.717) is 0 Å². The van der Waals surface area contributed by atoms with Crippen molar-refractivity contribution >= 4 is 0 Å². The average molecular weight is 221 g/mol. The van der Waals surface area contributed by atoms with Crippen LogP contribution in [0.3, 0.4) is 0 Å². The third-order valence-electron chi connectivity index (χ3n) is 3.26. The van der Waals surface area contributed by atoms with Crippen molar-refractivity contribution in [2.24, 2.45) is 5.73 Å². The van der Waals surface area contributed by atoms with Gasteiger partial charge in [-0.1, -0.05) is 6.42 Å². The van der Waals surface area contributed by atoms with Crippen molar-refractivity contribution in [3.63, 3.8) is 0 Å². The molecule has 0 aromatic heterocycles. The smallest absolute Gasteiger partial charge is 0.161 e. The fourth-order valence-electron chi connectivity index (χ4n) is 2.33. The van der Waals surface area contributed by atoms with Gasteiger partial charge in [0.05, 0.1) is 14.2 Å². The second kappa shape index (κ2) is 4.74. The Morgan fingerprint density at radius 1 is 1.12 bits per heavy atom. The topological polar surface area (TPSA) is 44.5 Å². The molecule has 3 heteroatoms. The molecular weight excluding hydrogens is 202 g/mol. The van der Waals surface area contributed by atoms with Crippen LogP contribution in [0, 0.1) is 0 Å². The van der Waals surface area contributed by atoms with E-state index < -0.39 is 0 Å². The van der Waals surface area contributed by atoms with Crippen LogP contribution in [-0.2, 0) is 6.42 Å². The Labute approximate surface area is 96.5 Å². The van der Waals surface area contributed by atoms with Gasteiger partial charge in [0.15, 0.2) is 11.5 Å². The summed E-state index contributed by atoms with van der Waals surface area (Å²) in [7, 11) is 3.33. The second-order valence-electron chi connectivity index (χ2n) is 4.26. The number of ether oxygens (including phenoxy) is 2. The number of hydrogen-bond acceptors (Lipinski definition) is 3. The van der Waals surface area contributed by atoms with Gasteiger partial charge < -0.3 is 15.2 Å². The molecule has 0 aliphatic heterocycles. The molecular formula is C13H19NO2. The van der Waals surface area contributed by atoms with Crippen LogP contribution in [0.2, 0.25) is 0 Å². The van der Waals surface area contributed by atoms with Crippen molar-refractivity contribution in [3.05, 3.63) is 23.3 Å². The summed E-state index contributed by atoms with van der Waals surface area (Å²) in [5, 5.41) is 0. The zero-order chi connectivity index (χ0) is 11.5.